The minimum Gasteiger partial charge on any atom is -0.507 e. The van der Waals surface area contributed by atoms with Gasteiger partial charge in [-0.15, -0.1) is 0 Å². The lowest BCUT2D eigenvalue weighted by Gasteiger charge is -2.05. The van der Waals surface area contributed by atoms with Gasteiger partial charge >= 0.3 is 0 Å². The summed E-state index contributed by atoms with van der Waals surface area (Å²) >= 11 is 2.14. The molecule has 0 aliphatic rings. The Bertz CT molecular complexity index is 752. The molecule has 0 aromatic heterocycles. The number of amides is 1. The molecule has 0 spiro atoms. The van der Waals surface area contributed by atoms with Gasteiger partial charge in [-0.2, -0.15) is 0 Å². The first-order valence-electron chi connectivity index (χ1n) is 7.24. The third kappa shape index (κ3) is 5.09. The molecule has 2 aromatic carbocycles. The zero-order valence-electron chi connectivity index (χ0n) is 13.0. The average molecular weight is 437 g/mol. The van der Waals surface area contributed by atoms with Crippen LogP contribution in [0.25, 0.3) is 5.76 Å². The Morgan fingerprint density at radius 3 is 2.33 bits per heavy atom. The molecule has 0 saturated heterocycles. The van der Waals surface area contributed by atoms with Gasteiger partial charge in [0.1, 0.15) is 11.5 Å². The Morgan fingerprint density at radius 2 is 1.75 bits per heavy atom. The van der Waals surface area contributed by atoms with Crippen LogP contribution in [0.4, 0.5) is 5.69 Å². The van der Waals surface area contributed by atoms with Crippen LogP contribution in [-0.2, 0) is 9.59 Å². The van der Waals surface area contributed by atoms with Crippen molar-refractivity contribution in [2.45, 2.75) is 6.92 Å². The quantitative estimate of drug-likeness (QED) is 0.312. The molecular weight excluding hydrogens is 421 g/mol. The van der Waals surface area contributed by atoms with Crippen molar-refractivity contribution in [3.05, 3.63) is 63.7 Å². The highest BCUT2D eigenvalue weighted by atomic mass is 127. The molecule has 0 bridgehead atoms. The summed E-state index contributed by atoms with van der Waals surface area (Å²) in [4.78, 5) is 23.8. The number of aliphatic hydroxyl groups excluding tert-OH is 1. The normalized spacial score (nSPS) is 11.0. The molecule has 5 nitrogen and oxygen atoms in total. The number of hydrogen-bond acceptors (Lipinski definition) is 4. The standard InChI is InChI=1S/C18H16INO4/c1-2-24-15-9-3-12(4-10-15)16(21)11-17(22)18(23)20-14-7-5-13(19)6-8-14/h3-11,21H,2H2,1H3,(H,20,23)/b16-11-. The van der Waals surface area contributed by atoms with E-state index >= 15 is 0 Å². The summed E-state index contributed by atoms with van der Waals surface area (Å²) in [5.41, 5.74) is 0.941. The van der Waals surface area contributed by atoms with Gasteiger partial charge in [0.15, 0.2) is 0 Å². The Balaban J connectivity index is 2.04. The molecule has 2 N–H and O–H groups in total. The molecule has 0 fully saturated rings. The first kappa shape index (κ1) is 18.0. The average Bonchev–Trinajstić information content (AvgIpc) is 2.57. The number of carbonyl (C=O) groups excluding carboxylic acids is 2. The second-order valence-electron chi connectivity index (χ2n) is 4.81. The van der Waals surface area contributed by atoms with E-state index in [4.69, 9.17) is 4.74 Å². The fraction of sp³-hybridized carbons (Fsp3) is 0.111. The Hall–Kier alpha value is -2.35. The number of carbonyl (C=O) groups is 2. The number of halogens is 1. The fourth-order valence-corrected chi connectivity index (χ4v) is 2.25. The van der Waals surface area contributed by atoms with Crippen molar-refractivity contribution < 1.29 is 19.4 Å². The van der Waals surface area contributed by atoms with E-state index < -0.39 is 11.7 Å². The second-order valence-corrected chi connectivity index (χ2v) is 6.06. The highest BCUT2D eigenvalue weighted by Gasteiger charge is 2.13. The molecule has 2 rings (SSSR count). The van der Waals surface area contributed by atoms with Gasteiger partial charge < -0.3 is 15.2 Å². The minimum atomic E-state index is -0.833. The number of rotatable bonds is 6. The molecule has 2 aromatic rings. The predicted octanol–water partition coefficient (Wildman–Crippen LogP) is 3.80. The number of anilines is 1. The first-order chi connectivity index (χ1) is 11.5. The monoisotopic (exact) mass is 437 g/mol. The number of ether oxygens (including phenoxy) is 1. The second kappa shape index (κ2) is 8.49. The van der Waals surface area contributed by atoms with Crippen LogP contribution in [0.5, 0.6) is 5.75 Å². The largest absolute Gasteiger partial charge is 0.507 e. The summed E-state index contributed by atoms with van der Waals surface area (Å²) in [5, 5.41) is 12.5. The highest BCUT2D eigenvalue weighted by Crippen LogP contribution is 2.17. The lowest BCUT2D eigenvalue weighted by atomic mass is 10.1. The van der Waals surface area contributed by atoms with Crippen LogP contribution in [-0.4, -0.2) is 23.4 Å². The van der Waals surface area contributed by atoms with Crippen LogP contribution in [0.1, 0.15) is 12.5 Å². The van der Waals surface area contributed by atoms with Crippen molar-refractivity contribution in [1.29, 1.82) is 0 Å². The van der Waals surface area contributed by atoms with Gasteiger partial charge in [-0.1, -0.05) is 0 Å². The van der Waals surface area contributed by atoms with Crippen LogP contribution in [0.2, 0.25) is 0 Å². The van der Waals surface area contributed by atoms with Crippen molar-refractivity contribution in [1.82, 2.24) is 0 Å². The zero-order chi connectivity index (χ0) is 17.5. The van der Waals surface area contributed by atoms with Gasteiger partial charge in [0.25, 0.3) is 5.91 Å². The fourth-order valence-electron chi connectivity index (χ4n) is 1.89. The summed E-state index contributed by atoms with van der Waals surface area (Å²) in [5.74, 6) is -1.26. The Labute approximate surface area is 153 Å². The Kier molecular flexibility index (Phi) is 6.36. The number of aliphatic hydroxyl groups is 1. The number of nitrogens with one attached hydrogen (secondary N) is 1. The van der Waals surface area contributed by atoms with Crippen LogP contribution < -0.4 is 10.1 Å². The Morgan fingerprint density at radius 1 is 1.12 bits per heavy atom. The zero-order valence-corrected chi connectivity index (χ0v) is 15.1. The van der Waals surface area contributed by atoms with E-state index in [9.17, 15) is 14.7 Å². The SMILES string of the molecule is CCOc1ccc(/C(O)=C/C(=O)C(=O)Nc2ccc(I)cc2)cc1. The molecule has 0 unspecified atom stereocenters. The molecule has 124 valence electrons. The molecule has 0 aliphatic heterocycles. The van der Waals surface area contributed by atoms with Gasteiger partial charge in [-0.3, -0.25) is 9.59 Å². The molecule has 1 amide bonds. The van der Waals surface area contributed by atoms with Gasteiger partial charge in [-0.25, -0.2) is 0 Å². The summed E-state index contributed by atoms with van der Waals surface area (Å²) in [7, 11) is 0. The van der Waals surface area contributed by atoms with E-state index in [1.54, 1.807) is 36.4 Å². The van der Waals surface area contributed by atoms with Crippen molar-refractivity contribution in [2.24, 2.45) is 0 Å². The minimum absolute atomic E-state index is 0.277. The molecular formula is C18H16INO4. The van der Waals surface area contributed by atoms with Crippen LogP contribution in [0.3, 0.4) is 0 Å². The van der Waals surface area contributed by atoms with E-state index in [-0.39, 0.29) is 5.76 Å². The van der Waals surface area contributed by atoms with Gasteiger partial charge in [0.05, 0.1) is 6.61 Å². The topological polar surface area (TPSA) is 75.6 Å². The van der Waals surface area contributed by atoms with Gasteiger partial charge in [-0.05, 0) is 78.0 Å². The maximum Gasteiger partial charge on any atom is 0.296 e. The maximum absolute atomic E-state index is 11.9. The van der Waals surface area contributed by atoms with Crippen molar-refractivity contribution in [3.8, 4) is 5.75 Å². The maximum atomic E-state index is 11.9. The van der Waals surface area contributed by atoms with E-state index in [1.165, 1.54) is 0 Å². The van der Waals surface area contributed by atoms with E-state index in [0.717, 1.165) is 9.65 Å². The molecule has 0 atom stereocenters. The lowest BCUT2D eigenvalue weighted by molar-refractivity contribution is -0.131. The summed E-state index contributed by atoms with van der Waals surface area (Å²) in [6, 6.07) is 13.6. The molecule has 0 heterocycles. The third-order valence-electron chi connectivity index (χ3n) is 3.05. The lowest BCUT2D eigenvalue weighted by Crippen LogP contribution is -2.21. The van der Waals surface area contributed by atoms with E-state index in [0.29, 0.717) is 23.6 Å². The molecule has 0 radical (unpaired) electrons. The van der Waals surface area contributed by atoms with E-state index in [1.807, 2.05) is 19.1 Å². The van der Waals surface area contributed by atoms with Crippen molar-refractivity contribution in [3.63, 3.8) is 0 Å². The smallest absolute Gasteiger partial charge is 0.296 e. The molecule has 6 heteroatoms. The molecule has 0 aliphatic carbocycles. The predicted molar refractivity (Wildman–Crippen MR) is 101 cm³/mol. The molecule has 0 saturated carbocycles. The number of hydrogen-bond donors (Lipinski definition) is 2. The summed E-state index contributed by atoms with van der Waals surface area (Å²) in [6.45, 7) is 2.41. The molecule has 24 heavy (non-hydrogen) atoms. The van der Waals surface area contributed by atoms with Crippen molar-refractivity contribution in [2.75, 3.05) is 11.9 Å². The first-order valence-corrected chi connectivity index (χ1v) is 8.32. The van der Waals surface area contributed by atoms with Gasteiger partial charge in [0.2, 0.25) is 5.78 Å². The number of ketones is 1. The van der Waals surface area contributed by atoms with Crippen LogP contribution >= 0.6 is 22.6 Å². The van der Waals surface area contributed by atoms with Crippen LogP contribution in [0, 0.1) is 3.57 Å². The third-order valence-corrected chi connectivity index (χ3v) is 3.77. The van der Waals surface area contributed by atoms with Crippen LogP contribution in [0.15, 0.2) is 54.6 Å². The van der Waals surface area contributed by atoms with Crippen molar-refractivity contribution >= 4 is 45.7 Å². The number of benzene rings is 2. The summed E-state index contributed by atoms with van der Waals surface area (Å²) < 4.78 is 6.32. The van der Waals surface area contributed by atoms with Gasteiger partial charge in [0, 0.05) is 20.9 Å². The highest BCUT2D eigenvalue weighted by molar-refractivity contribution is 14.1. The van der Waals surface area contributed by atoms with E-state index in [2.05, 4.69) is 27.9 Å². The summed E-state index contributed by atoms with van der Waals surface area (Å²) in [6.07, 6.45) is 0.901.